The largest absolute Gasteiger partial charge is 0.393 e. The highest BCUT2D eigenvalue weighted by Crippen LogP contribution is 2.68. The van der Waals surface area contributed by atoms with Crippen molar-refractivity contribution in [1.29, 1.82) is 0 Å². The van der Waals surface area contributed by atoms with Crippen molar-refractivity contribution in [1.82, 2.24) is 0 Å². The smallest absolute Gasteiger partial charge is 0.0577 e. The Morgan fingerprint density at radius 1 is 0.767 bits per heavy atom. The summed E-state index contributed by atoms with van der Waals surface area (Å²) in [6.45, 7) is 14.8. The topological polar surface area (TPSA) is 40.5 Å². The number of fused-ring (bicyclic) bond motifs is 5. The molecule has 4 saturated carbocycles. The Labute approximate surface area is 186 Å². The van der Waals surface area contributed by atoms with E-state index < -0.39 is 0 Å². The summed E-state index contributed by atoms with van der Waals surface area (Å²) >= 11 is 0. The van der Waals surface area contributed by atoms with Crippen LogP contribution in [0.5, 0.6) is 0 Å². The van der Waals surface area contributed by atoms with Crippen LogP contribution in [0.2, 0.25) is 0 Å². The van der Waals surface area contributed by atoms with Gasteiger partial charge in [0.1, 0.15) is 0 Å². The van der Waals surface area contributed by atoms with Gasteiger partial charge in [0.2, 0.25) is 0 Å². The molecule has 11 atom stereocenters. The van der Waals surface area contributed by atoms with Crippen LogP contribution in [0.4, 0.5) is 0 Å². The van der Waals surface area contributed by atoms with Gasteiger partial charge in [0, 0.05) is 0 Å². The molecule has 0 aromatic rings. The average molecular weight is 419 g/mol. The monoisotopic (exact) mass is 418 g/mol. The third-order valence-corrected chi connectivity index (χ3v) is 11.6. The highest BCUT2D eigenvalue weighted by molar-refractivity contribution is 5.11. The maximum atomic E-state index is 11.2. The molecule has 0 spiro atoms. The van der Waals surface area contributed by atoms with E-state index in [1.165, 1.54) is 38.5 Å². The summed E-state index contributed by atoms with van der Waals surface area (Å²) in [5.74, 6) is 5.95. The lowest BCUT2D eigenvalue weighted by Crippen LogP contribution is -2.58. The summed E-state index contributed by atoms with van der Waals surface area (Å²) in [7, 11) is 0. The van der Waals surface area contributed by atoms with Gasteiger partial charge in [0.05, 0.1) is 12.2 Å². The minimum Gasteiger partial charge on any atom is -0.393 e. The Kier molecular flexibility index (Phi) is 6.44. The minimum absolute atomic E-state index is 0.187. The van der Waals surface area contributed by atoms with E-state index in [1.807, 2.05) is 0 Å². The highest BCUT2D eigenvalue weighted by atomic mass is 16.3. The molecule has 0 aliphatic heterocycles. The van der Waals surface area contributed by atoms with Gasteiger partial charge in [-0.05, 0) is 110 Å². The van der Waals surface area contributed by atoms with Gasteiger partial charge >= 0.3 is 0 Å². The molecule has 4 fully saturated rings. The van der Waals surface area contributed by atoms with Gasteiger partial charge in [0.25, 0.3) is 0 Å². The van der Waals surface area contributed by atoms with Crippen molar-refractivity contribution in [2.45, 2.75) is 118 Å². The van der Waals surface area contributed by atoms with Gasteiger partial charge in [-0.15, -0.1) is 0 Å². The average Bonchev–Trinajstić information content (AvgIpc) is 3.04. The molecule has 4 aliphatic rings. The van der Waals surface area contributed by atoms with E-state index in [-0.39, 0.29) is 17.6 Å². The lowest BCUT2D eigenvalue weighted by Gasteiger charge is -2.62. The molecule has 0 heterocycles. The predicted octanol–water partition coefficient (Wildman–Crippen LogP) is 6.69. The van der Waals surface area contributed by atoms with Gasteiger partial charge in [-0.1, -0.05) is 54.4 Å². The molecule has 4 rings (SSSR count). The third-order valence-electron chi connectivity index (χ3n) is 11.6. The fraction of sp³-hybridized carbons (Fsp3) is 1.00. The summed E-state index contributed by atoms with van der Waals surface area (Å²) in [6, 6.07) is 0. The molecule has 0 aromatic heterocycles. The van der Waals surface area contributed by atoms with Crippen LogP contribution in [-0.2, 0) is 0 Å². The molecule has 11 unspecified atom stereocenters. The van der Waals surface area contributed by atoms with Gasteiger partial charge < -0.3 is 10.2 Å². The van der Waals surface area contributed by atoms with E-state index >= 15 is 0 Å². The number of rotatable bonds is 5. The van der Waals surface area contributed by atoms with Crippen LogP contribution in [-0.4, -0.2) is 22.4 Å². The van der Waals surface area contributed by atoms with E-state index in [2.05, 4.69) is 41.5 Å². The van der Waals surface area contributed by atoms with Crippen LogP contribution in [0.3, 0.4) is 0 Å². The van der Waals surface area contributed by atoms with E-state index in [9.17, 15) is 10.2 Å². The molecule has 2 N–H and O–H groups in total. The van der Waals surface area contributed by atoms with Crippen LogP contribution >= 0.6 is 0 Å². The van der Waals surface area contributed by atoms with Crippen molar-refractivity contribution in [2.24, 2.45) is 58.2 Å². The summed E-state index contributed by atoms with van der Waals surface area (Å²) in [5, 5.41) is 21.5. The fourth-order valence-corrected chi connectivity index (χ4v) is 9.31. The third kappa shape index (κ3) is 3.70. The number of hydrogen-bond acceptors (Lipinski definition) is 2. The first-order valence-corrected chi connectivity index (χ1v) is 13.4. The minimum atomic E-state index is -0.197. The van der Waals surface area contributed by atoms with Crippen molar-refractivity contribution in [3.05, 3.63) is 0 Å². The zero-order valence-electron chi connectivity index (χ0n) is 20.7. The molecule has 4 aliphatic carbocycles. The van der Waals surface area contributed by atoms with E-state index in [0.29, 0.717) is 17.3 Å². The Balaban J connectivity index is 1.49. The maximum Gasteiger partial charge on any atom is 0.0577 e. The highest BCUT2D eigenvalue weighted by Gasteiger charge is 2.62. The first-order chi connectivity index (χ1) is 14.1. The Morgan fingerprint density at radius 3 is 2.13 bits per heavy atom. The lowest BCUT2D eigenvalue weighted by atomic mass is 9.43. The number of hydrogen-bond donors (Lipinski definition) is 2. The molecule has 0 saturated heterocycles. The molecule has 2 nitrogen and oxygen atoms in total. The summed E-state index contributed by atoms with van der Waals surface area (Å²) in [6.07, 6.45) is 11.8. The Bertz CT molecular complexity index is 601. The first-order valence-electron chi connectivity index (χ1n) is 13.4. The summed E-state index contributed by atoms with van der Waals surface area (Å²) < 4.78 is 0. The van der Waals surface area contributed by atoms with Crippen LogP contribution in [0.25, 0.3) is 0 Å². The van der Waals surface area contributed by atoms with Crippen LogP contribution in [0, 0.1) is 58.2 Å². The molecule has 0 bridgehead atoms. The van der Waals surface area contributed by atoms with Crippen molar-refractivity contribution in [2.75, 3.05) is 0 Å². The second-order valence-corrected chi connectivity index (χ2v) is 13.2. The molecule has 30 heavy (non-hydrogen) atoms. The van der Waals surface area contributed by atoms with Crippen molar-refractivity contribution in [3.8, 4) is 0 Å². The zero-order valence-corrected chi connectivity index (χ0v) is 20.7. The van der Waals surface area contributed by atoms with Gasteiger partial charge in [-0.2, -0.15) is 0 Å². The second kappa shape index (κ2) is 8.36. The summed E-state index contributed by atoms with van der Waals surface area (Å²) in [5.41, 5.74) is 0.734. The van der Waals surface area contributed by atoms with Crippen LogP contribution in [0.15, 0.2) is 0 Å². The van der Waals surface area contributed by atoms with Gasteiger partial charge in [-0.3, -0.25) is 0 Å². The lowest BCUT2D eigenvalue weighted by molar-refractivity contribution is -0.172. The number of aliphatic hydroxyl groups is 2. The molecule has 0 radical (unpaired) electrons. The zero-order chi connectivity index (χ0) is 21.8. The first kappa shape index (κ1) is 23.1. The molecular formula is C28H50O2. The fourth-order valence-electron chi connectivity index (χ4n) is 9.31. The molecule has 0 amide bonds. The summed E-state index contributed by atoms with van der Waals surface area (Å²) in [4.78, 5) is 0. The van der Waals surface area contributed by atoms with E-state index in [4.69, 9.17) is 0 Å². The van der Waals surface area contributed by atoms with Crippen molar-refractivity contribution in [3.63, 3.8) is 0 Å². The van der Waals surface area contributed by atoms with Crippen molar-refractivity contribution < 1.29 is 10.2 Å². The molecule has 0 aromatic carbocycles. The second-order valence-electron chi connectivity index (χ2n) is 13.2. The normalized spacial score (nSPS) is 50.5. The standard InChI is InChI=1S/C28H50O2/c1-17(2)18(3)7-8-19(4)22-9-10-23-21-16-26(30)25-15-20(29)11-13-28(25,6)24(21)12-14-27(22,23)5/h17-26,29-30H,7-16H2,1-6H3. The van der Waals surface area contributed by atoms with Crippen LogP contribution in [0.1, 0.15) is 106 Å². The number of aliphatic hydroxyl groups excluding tert-OH is 2. The van der Waals surface area contributed by atoms with Gasteiger partial charge in [-0.25, -0.2) is 0 Å². The van der Waals surface area contributed by atoms with Gasteiger partial charge in [0.15, 0.2) is 0 Å². The SMILES string of the molecule is CC(C)C(C)CCC(C)C1CCC2C3CC(O)C4CC(O)CCC4(C)C3CCC12C. The Morgan fingerprint density at radius 2 is 1.43 bits per heavy atom. The molecule has 2 heteroatoms. The van der Waals surface area contributed by atoms with E-state index in [1.54, 1.807) is 0 Å². The van der Waals surface area contributed by atoms with E-state index in [0.717, 1.165) is 61.2 Å². The maximum absolute atomic E-state index is 11.2. The van der Waals surface area contributed by atoms with Crippen molar-refractivity contribution >= 4 is 0 Å². The predicted molar refractivity (Wildman–Crippen MR) is 125 cm³/mol. The Hall–Kier alpha value is -0.0800. The molecule has 174 valence electrons. The van der Waals surface area contributed by atoms with Crippen LogP contribution < -0.4 is 0 Å². The quantitative estimate of drug-likeness (QED) is 0.522. The molecular weight excluding hydrogens is 368 g/mol.